The molecule has 0 unspecified atom stereocenters. The summed E-state index contributed by atoms with van der Waals surface area (Å²) in [5, 5.41) is 8.27. The van der Waals surface area contributed by atoms with Crippen LogP contribution < -0.4 is 0 Å². The molecule has 0 aliphatic rings. The maximum Gasteiger partial charge on any atom is 0.303 e. The number of carbonyl (C=O) groups is 1. The quantitative estimate of drug-likeness (QED) is 0.434. The van der Waals surface area contributed by atoms with Gasteiger partial charge >= 0.3 is 5.97 Å². The van der Waals surface area contributed by atoms with Crippen molar-refractivity contribution in [2.24, 2.45) is 0 Å². The fourth-order valence-electron chi connectivity index (χ4n) is 0.880. The van der Waals surface area contributed by atoms with E-state index < -0.39 is 5.97 Å². The molecule has 0 aromatic rings. The average molecular weight is 284 g/mol. The van der Waals surface area contributed by atoms with Gasteiger partial charge in [-0.2, -0.15) is 0 Å². The largest absolute Gasteiger partial charge is 0.481 e. The summed E-state index contributed by atoms with van der Waals surface area (Å²) in [5.41, 5.74) is 0. The maximum absolute atomic E-state index is 10.0. The second-order valence-corrected chi connectivity index (χ2v) is 4.07. The molecule has 0 heterocycles. The molecule has 2 nitrogen and oxygen atoms in total. The first-order chi connectivity index (χ1) is 9.51. The van der Waals surface area contributed by atoms with E-state index in [9.17, 15) is 4.79 Å². The lowest BCUT2D eigenvalue weighted by Gasteiger charge is -1.95. The molecule has 0 amide bonds. The topological polar surface area (TPSA) is 37.3 Å². The van der Waals surface area contributed by atoms with Crippen LogP contribution >= 0.6 is 0 Å². The molecule has 0 atom stereocenters. The molecule has 0 aromatic carbocycles. The van der Waals surface area contributed by atoms with Gasteiger partial charge in [0.15, 0.2) is 0 Å². The molecule has 20 heavy (non-hydrogen) atoms. The van der Waals surface area contributed by atoms with E-state index in [2.05, 4.69) is 33.6 Å². The minimum Gasteiger partial charge on any atom is -0.481 e. The van der Waals surface area contributed by atoms with Gasteiger partial charge in [0.05, 0.1) is 0 Å². The summed E-state index contributed by atoms with van der Waals surface area (Å²) < 4.78 is 0. The summed E-state index contributed by atoms with van der Waals surface area (Å²) in [6.07, 6.45) is 12.3. The lowest BCUT2D eigenvalue weighted by atomic mass is 10.1. The van der Waals surface area contributed by atoms with Crippen LogP contribution in [0.3, 0.4) is 0 Å². The Morgan fingerprint density at radius 2 is 1.30 bits per heavy atom. The summed E-state index contributed by atoms with van der Waals surface area (Å²) in [5.74, 6) is -0.670. The van der Waals surface area contributed by atoms with Crippen LogP contribution in [0.2, 0.25) is 0 Å². The Kier molecular flexibility index (Phi) is 48.9. The minimum atomic E-state index is -0.670. The molecular weight excluding hydrogens is 248 g/mol. The second kappa shape index (κ2) is 36.1. The van der Waals surface area contributed by atoms with E-state index in [1.165, 1.54) is 19.3 Å². The summed E-state index contributed by atoms with van der Waals surface area (Å²) in [6.45, 7) is 18.2. The van der Waals surface area contributed by atoms with Gasteiger partial charge in [0.1, 0.15) is 0 Å². The van der Waals surface area contributed by atoms with Gasteiger partial charge in [-0.1, -0.05) is 57.8 Å². The molecule has 0 fully saturated rings. The molecular formula is C18H36O2. The number of hydrogen-bond donors (Lipinski definition) is 1. The standard InChI is InChI=1S/C8H16O2.C4H8.2C3H6/c1-2-3-4-5-6-7-8(9)10;1-3-4-2;2*1-3-2/h2-7H2,1H3,(H,9,10);3H,1,4H2,2H3;2*3H,1H2,2H3. The zero-order chi connectivity index (χ0) is 16.6. The first-order valence-corrected chi connectivity index (χ1v) is 7.48. The number of hydrogen-bond acceptors (Lipinski definition) is 1. The zero-order valence-electron chi connectivity index (χ0n) is 14.2. The number of carboxylic acids is 1. The molecule has 1 N–H and O–H groups in total. The van der Waals surface area contributed by atoms with Gasteiger partial charge in [-0.3, -0.25) is 4.79 Å². The highest BCUT2D eigenvalue weighted by Gasteiger charge is 1.94. The zero-order valence-corrected chi connectivity index (χ0v) is 14.2. The molecule has 0 radical (unpaired) electrons. The third-order valence-electron chi connectivity index (χ3n) is 1.78. The molecule has 0 aromatic heterocycles. The van der Waals surface area contributed by atoms with Gasteiger partial charge in [0, 0.05) is 6.42 Å². The normalized spacial score (nSPS) is 7.40. The monoisotopic (exact) mass is 284 g/mol. The predicted molar refractivity (Wildman–Crippen MR) is 93.2 cm³/mol. The Morgan fingerprint density at radius 1 is 0.950 bits per heavy atom. The van der Waals surface area contributed by atoms with Crippen molar-refractivity contribution in [3.8, 4) is 0 Å². The van der Waals surface area contributed by atoms with E-state index in [0.717, 1.165) is 19.3 Å². The molecule has 0 saturated carbocycles. The fourth-order valence-corrected chi connectivity index (χ4v) is 0.880. The van der Waals surface area contributed by atoms with Crippen LogP contribution in [0, 0.1) is 0 Å². The van der Waals surface area contributed by atoms with Crippen LogP contribution in [0.4, 0.5) is 0 Å². The van der Waals surface area contributed by atoms with Crippen molar-refractivity contribution >= 4 is 5.97 Å². The van der Waals surface area contributed by atoms with Gasteiger partial charge in [0.2, 0.25) is 0 Å². The molecule has 0 spiro atoms. The van der Waals surface area contributed by atoms with E-state index in [1.54, 1.807) is 12.2 Å². The van der Waals surface area contributed by atoms with E-state index in [1.807, 2.05) is 19.9 Å². The Labute approximate surface area is 127 Å². The van der Waals surface area contributed by atoms with Crippen LogP contribution in [-0.2, 0) is 4.79 Å². The van der Waals surface area contributed by atoms with Gasteiger partial charge in [-0.05, 0) is 26.7 Å². The minimum absolute atomic E-state index is 0.337. The van der Waals surface area contributed by atoms with Crippen LogP contribution in [0.15, 0.2) is 38.0 Å². The highest BCUT2D eigenvalue weighted by molar-refractivity contribution is 5.66. The van der Waals surface area contributed by atoms with E-state index in [4.69, 9.17) is 5.11 Å². The van der Waals surface area contributed by atoms with Crippen LogP contribution in [0.1, 0.15) is 72.6 Å². The van der Waals surface area contributed by atoms with Crippen molar-refractivity contribution in [3.63, 3.8) is 0 Å². The van der Waals surface area contributed by atoms with Crippen LogP contribution in [0.25, 0.3) is 0 Å². The van der Waals surface area contributed by atoms with Crippen molar-refractivity contribution in [2.45, 2.75) is 72.6 Å². The summed E-state index contributed by atoms with van der Waals surface area (Å²) >= 11 is 0. The molecule has 120 valence electrons. The number of allylic oxidation sites excluding steroid dienone is 3. The van der Waals surface area contributed by atoms with Crippen molar-refractivity contribution in [1.82, 2.24) is 0 Å². The molecule has 0 rings (SSSR count). The van der Waals surface area contributed by atoms with E-state index in [0.29, 0.717) is 6.42 Å². The molecule has 0 saturated heterocycles. The summed E-state index contributed by atoms with van der Waals surface area (Å²) in [6, 6.07) is 0. The number of aliphatic carboxylic acids is 1. The van der Waals surface area contributed by atoms with Gasteiger partial charge in [-0.25, -0.2) is 0 Å². The lowest BCUT2D eigenvalue weighted by Crippen LogP contribution is -1.93. The molecule has 0 aliphatic carbocycles. The molecule has 0 aliphatic heterocycles. The van der Waals surface area contributed by atoms with Gasteiger partial charge in [-0.15, -0.1) is 19.7 Å². The molecule has 2 heteroatoms. The van der Waals surface area contributed by atoms with Crippen molar-refractivity contribution < 1.29 is 9.90 Å². The number of carboxylic acid groups (broad SMARTS) is 1. The third kappa shape index (κ3) is 91.8. The smallest absolute Gasteiger partial charge is 0.303 e. The first-order valence-electron chi connectivity index (χ1n) is 7.48. The van der Waals surface area contributed by atoms with E-state index >= 15 is 0 Å². The maximum atomic E-state index is 10.0. The van der Waals surface area contributed by atoms with Crippen molar-refractivity contribution in [3.05, 3.63) is 38.0 Å². The number of rotatable bonds is 7. The fraction of sp³-hybridized carbons (Fsp3) is 0.611. The predicted octanol–water partition coefficient (Wildman–Crippen LogP) is 6.40. The summed E-state index contributed by atoms with van der Waals surface area (Å²) in [4.78, 5) is 10.0. The highest BCUT2D eigenvalue weighted by atomic mass is 16.4. The third-order valence-corrected chi connectivity index (χ3v) is 1.78. The van der Waals surface area contributed by atoms with Gasteiger partial charge < -0.3 is 5.11 Å². The van der Waals surface area contributed by atoms with E-state index in [-0.39, 0.29) is 0 Å². The molecule has 0 bridgehead atoms. The Morgan fingerprint density at radius 3 is 1.55 bits per heavy atom. The first kappa shape index (κ1) is 27.1. The Bertz CT molecular complexity index is 190. The second-order valence-electron chi connectivity index (χ2n) is 4.07. The van der Waals surface area contributed by atoms with Crippen LogP contribution in [0.5, 0.6) is 0 Å². The number of unbranched alkanes of at least 4 members (excludes halogenated alkanes) is 4. The SMILES string of the molecule is C=CC.C=CC.C=CCC.CCCCCCCC(=O)O. The van der Waals surface area contributed by atoms with Crippen LogP contribution in [-0.4, -0.2) is 11.1 Å². The van der Waals surface area contributed by atoms with Gasteiger partial charge in [0.25, 0.3) is 0 Å². The highest BCUT2D eigenvalue weighted by Crippen LogP contribution is 2.04. The Balaban J connectivity index is -0.000000106. The van der Waals surface area contributed by atoms with Crippen molar-refractivity contribution in [2.75, 3.05) is 0 Å². The average Bonchev–Trinajstić information content (AvgIpc) is 2.40. The van der Waals surface area contributed by atoms with Crippen molar-refractivity contribution in [1.29, 1.82) is 0 Å². The lowest BCUT2D eigenvalue weighted by molar-refractivity contribution is -0.137. The Hall–Kier alpha value is -1.31. The summed E-state index contributed by atoms with van der Waals surface area (Å²) in [7, 11) is 0.